The fourth-order valence-electron chi connectivity index (χ4n) is 4.84. The van der Waals surface area contributed by atoms with Gasteiger partial charge in [0.15, 0.2) is 0 Å². The van der Waals surface area contributed by atoms with Gasteiger partial charge in [-0.15, -0.1) is 0 Å². The summed E-state index contributed by atoms with van der Waals surface area (Å²) in [4.78, 5) is 2.27. The SMILES string of the molecule is Oc1ccc2c(c1)[C@H](O)CC1(CCN(C[C@@H](O)c3ccc4ccccc4c3)CC1)O2. The molecule has 0 radical (unpaired) electrons. The van der Waals surface area contributed by atoms with Gasteiger partial charge in [-0.05, 0) is 53.4 Å². The van der Waals surface area contributed by atoms with Crippen molar-refractivity contribution in [2.45, 2.75) is 37.1 Å². The van der Waals surface area contributed by atoms with Gasteiger partial charge in [-0.1, -0.05) is 36.4 Å². The number of likely N-dealkylation sites (tertiary alicyclic amines) is 1. The van der Waals surface area contributed by atoms with Crippen LogP contribution in [0.2, 0.25) is 0 Å². The third-order valence-corrected chi connectivity index (χ3v) is 6.60. The zero-order valence-electron chi connectivity index (χ0n) is 16.9. The van der Waals surface area contributed by atoms with E-state index in [1.54, 1.807) is 18.2 Å². The van der Waals surface area contributed by atoms with Gasteiger partial charge in [-0.3, -0.25) is 0 Å². The van der Waals surface area contributed by atoms with Gasteiger partial charge in [0.25, 0.3) is 0 Å². The Hall–Kier alpha value is -2.60. The normalized spacial score (nSPS) is 21.9. The number of β-amino-alcohol motifs (C(OH)–C–C–N with tert-alkyl or cyclic N) is 1. The van der Waals surface area contributed by atoms with Crippen LogP contribution in [0, 0.1) is 0 Å². The summed E-state index contributed by atoms with van der Waals surface area (Å²) in [6, 6.07) is 19.2. The number of aliphatic hydroxyl groups excluding tert-OH is 2. The maximum absolute atomic E-state index is 10.8. The predicted octanol–water partition coefficient (Wildman–Crippen LogP) is 3.93. The number of fused-ring (bicyclic) bond motifs is 2. The highest BCUT2D eigenvalue weighted by atomic mass is 16.5. The second-order valence-electron chi connectivity index (χ2n) is 8.65. The zero-order valence-corrected chi connectivity index (χ0v) is 16.9. The monoisotopic (exact) mass is 405 g/mol. The summed E-state index contributed by atoms with van der Waals surface area (Å²) < 4.78 is 6.31. The number of benzene rings is 3. The van der Waals surface area contributed by atoms with E-state index in [0.29, 0.717) is 24.3 Å². The molecule has 1 spiro atoms. The first kappa shape index (κ1) is 19.4. The van der Waals surface area contributed by atoms with E-state index in [1.165, 1.54) is 5.39 Å². The average molecular weight is 405 g/mol. The molecule has 0 unspecified atom stereocenters. The van der Waals surface area contributed by atoms with E-state index in [1.807, 2.05) is 18.2 Å². The molecule has 2 aliphatic heterocycles. The Balaban J connectivity index is 1.24. The van der Waals surface area contributed by atoms with E-state index in [4.69, 9.17) is 4.74 Å². The lowest BCUT2D eigenvalue weighted by molar-refractivity contribution is -0.0588. The Labute approximate surface area is 176 Å². The lowest BCUT2D eigenvalue weighted by Crippen LogP contribution is -2.51. The first-order valence-corrected chi connectivity index (χ1v) is 10.6. The minimum atomic E-state index is -0.629. The summed E-state index contributed by atoms with van der Waals surface area (Å²) in [5.41, 5.74) is 1.22. The van der Waals surface area contributed by atoms with Crippen LogP contribution in [-0.4, -0.2) is 45.5 Å². The van der Waals surface area contributed by atoms with Crippen LogP contribution in [0.3, 0.4) is 0 Å². The van der Waals surface area contributed by atoms with Gasteiger partial charge in [0.2, 0.25) is 0 Å². The second-order valence-corrected chi connectivity index (χ2v) is 8.65. The molecule has 0 bridgehead atoms. The van der Waals surface area contributed by atoms with Crippen molar-refractivity contribution in [1.82, 2.24) is 4.90 Å². The van der Waals surface area contributed by atoms with Crippen LogP contribution in [0.25, 0.3) is 10.8 Å². The van der Waals surface area contributed by atoms with Crippen molar-refractivity contribution in [1.29, 1.82) is 0 Å². The maximum Gasteiger partial charge on any atom is 0.126 e. The van der Waals surface area contributed by atoms with Crippen molar-refractivity contribution in [3.05, 3.63) is 71.8 Å². The molecule has 3 N–H and O–H groups in total. The Morgan fingerprint density at radius 3 is 2.57 bits per heavy atom. The van der Waals surface area contributed by atoms with Crippen molar-refractivity contribution >= 4 is 10.8 Å². The summed E-state index contributed by atoms with van der Waals surface area (Å²) in [6.45, 7) is 2.21. The third-order valence-electron chi connectivity index (χ3n) is 6.60. The molecule has 0 saturated carbocycles. The molecule has 5 heteroatoms. The molecule has 5 rings (SSSR count). The fourth-order valence-corrected chi connectivity index (χ4v) is 4.84. The van der Waals surface area contributed by atoms with Gasteiger partial charge in [0.05, 0.1) is 12.2 Å². The molecule has 30 heavy (non-hydrogen) atoms. The molecule has 3 aromatic rings. The lowest BCUT2D eigenvalue weighted by atomic mass is 9.81. The van der Waals surface area contributed by atoms with Gasteiger partial charge in [-0.2, -0.15) is 0 Å². The van der Waals surface area contributed by atoms with Gasteiger partial charge >= 0.3 is 0 Å². The number of aliphatic hydroxyl groups is 2. The number of phenolic OH excluding ortho intramolecular Hbond substituents is 1. The van der Waals surface area contributed by atoms with E-state index in [9.17, 15) is 15.3 Å². The number of hydrogen-bond acceptors (Lipinski definition) is 5. The third kappa shape index (κ3) is 3.65. The van der Waals surface area contributed by atoms with Crippen molar-refractivity contribution < 1.29 is 20.1 Å². The summed E-state index contributed by atoms with van der Waals surface area (Å²) in [5.74, 6) is 0.807. The number of nitrogens with zero attached hydrogens (tertiary/aromatic N) is 1. The standard InChI is InChI=1S/C25H27NO4/c27-20-7-8-24-21(14-20)22(28)15-25(30-24)9-11-26(12-10-25)16-23(29)19-6-5-17-3-1-2-4-18(17)13-19/h1-8,13-14,22-23,27-29H,9-12,15-16H2/t22-,23-/m1/s1. The molecule has 1 saturated heterocycles. The van der Waals surface area contributed by atoms with Crippen LogP contribution < -0.4 is 4.74 Å². The Kier molecular flexibility index (Phi) is 4.89. The Morgan fingerprint density at radius 2 is 1.77 bits per heavy atom. The molecule has 1 fully saturated rings. The second kappa shape index (κ2) is 7.58. The highest BCUT2D eigenvalue weighted by Crippen LogP contribution is 2.45. The molecule has 3 aromatic carbocycles. The fraction of sp³-hybridized carbons (Fsp3) is 0.360. The summed E-state index contributed by atoms with van der Waals surface area (Å²) in [5, 5.41) is 33.4. The molecular formula is C25H27NO4. The number of ether oxygens (including phenoxy) is 1. The first-order valence-electron chi connectivity index (χ1n) is 10.6. The van der Waals surface area contributed by atoms with Crippen LogP contribution in [-0.2, 0) is 0 Å². The lowest BCUT2D eigenvalue weighted by Gasteiger charge is -2.46. The largest absolute Gasteiger partial charge is 0.508 e. The van der Waals surface area contributed by atoms with Gasteiger partial charge < -0.3 is 25.0 Å². The van der Waals surface area contributed by atoms with E-state index >= 15 is 0 Å². The molecule has 2 aliphatic rings. The highest BCUT2D eigenvalue weighted by Gasteiger charge is 2.43. The minimum absolute atomic E-state index is 0.143. The topological polar surface area (TPSA) is 73.2 Å². The summed E-state index contributed by atoms with van der Waals surface area (Å²) in [7, 11) is 0. The quantitative estimate of drug-likeness (QED) is 0.616. The average Bonchev–Trinajstić information content (AvgIpc) is 2.76. The number of piperidine rings is 1. The number of rotatable bonds is 3. The van der Waals surface area contributed by atoms with Crippen LogP contribution in [0.4, 0.5) is 0 Å². The molecule has 5 nitrogen and oxygen atoms in total. The molecule has 0 aromatic heterocycles. The molecule has 156 valence electrons. The van der Waals surface area contributed by atoms with Gasteiger partial charge in [0.1, 0.15) is 17.1 Å². The van der Waals surface area contributed by atoms with Crippen LogP contribution in [0.1, 0.15) is 42.6 Å². The van der Waals surface area contributed by atoms with E-state index in [-0.39, 0.29) is 11.4 Å². The van der Waals surface area contributed by atoms with Crippen LogP contribution >= 0.6 is 0 Å². The highest BCUT2D eigenvalue weighted by molar-refractivity contribution is 5.83. The van der Waals surface area contributed by atoms with E-state index < -0.39 is 12.2 Å². The van der Waals surface area contributed by atoms with Crippen molar-refractivity contribution in [2.24, 2.45) is 0 Å². The van der Waals surface area contributed by atoms with E-state index in [0.717, 1.165) is 36.9 Å². The zero-order chi connectivity index (χ0) is 20.7. The van der Waals surface area contributed by atoms with Crippen molar-refractivity contribution in [3.63, 3.8) is 0 Å². The molecule has 0 amide bonds. The van der Waals surface area contributed by atoms with Crippen LogP contribution in [0.5, 0.6) is 11.5 Å². The first-order chi connectivity index (χ1) is 14.5. The molecule has 2 heterocycles. The van der Waals surface area contributed by atoms with Crippen molar-refractivity contribution in [2.75, 3.05) is 19.6 Å². The Morgan fingerprint density at radius 1 is 1.00 bits per heavy atom. The molecule has 0 aliphatic carbocycles. The summed E-state index contributed by atoms with van der Waals surface area (Å²) >= 11 is 0. The van der Waals surface area contributed by atoms with Gasteiger partial charge in [-0.25, -0.2) is 0 Å². The number of phenols is 1. The Bertz CT molecular complexity index is 1060. The predicted molar refractivity (Wildman–Crippen MR) is 116 cm³/mol. The van der Waals surface area contributed by atoms with Crippen molar-refractivity contribution in [3.8, 4) is 11.5 Å². The minimum Gasteiger partial charge on any atom is -0.508 e. The number of hydrogen-bond donors (Lipinski definition) is 3. The molecule has 2 atom stereocenters. The maximum atomic E-state index is 10.8. The van der Waals surface area contributed by atoms with E-state index in [2.05, 4.69) is 29.2 Å². The number of aromatic hydroxyl groups is 1. The molecular weight excluding hydrogens is 378 g/mol. The van der Waals surface area contributed by atoms with Gasteiger partial charge in [0, 0.05) is 31.6 Å². The smallest absolute Gasteiger partial charge is 0.126 e. The summed E-state index contributed by atoms with van der Waals surface area (Å²) in [6.07, 6.45) is 0.967. The van der Waals surface area contributed by atoms with Crippen LogP contribution in [0.15, 0.2) is 60.7 Å².